The molecular formula is Sr4. The summed E-state index contributed by atoms with van der Waals surface area (Å²) in [5.74, 6) is 0. The SMILES string of the molecule is [Sr][Sr][Sr][Sr]. The van der Waals surface area contributed by atoms with Gasteiger partial charge in [0.05, 0.1) is 0 Å². The Morgan fingerprint density at radius 1 is 1.00 bits per heavy atom. The van der Waals surface area contributed by atoms with E-state index in [0.717, 1.165) is 0 Å². The zero-order valence-electron chi connectivity index (χ0n) is 2.83. The molecule has 0 fully saturated rings. The second kappa shape index (κ2) is 8.92. The summed E-state index contributed by atoms with van der Waals surface area (Å²) in [5, 5.41) is 0. The van der Waals surface area contributed by atoms with E-state index in [1.165, 1.54) is 0 Å². The van der Waals surface area contributed by atoms with Crippen LogP contribution in [-0.2, 0) is 0 Å². The summed E-state index contributed by atoms with van der Waals surface area (Å²) in [6.45, 7) is 0. The molecule has 0 rings (SSSR count). The van der Waals surface area contributed by atoms with Crippen molar-refractivity contribution in [3.63, 3.8) is 0 Å². The third-order valence-corrected chi connectivity index (χ3v) is 306. The molecule has 0 spiro atoms. The van der Waals surface area contributed by atoms with Gasteiger partial charge in [0.15, 0.2) is 0 Å². The van der Waals surface area contributed by atoms with Gasteiger partial charge in [-0.05, 0) is 0 Å². The minimum atomic E-state index is 0.422. The molecule has 0 nitrogen and oxygen atoms in total. The van der Waals surface area contributed by atoms with E-state index in [4.69, 9.17) is 0 Å². The first-order valence-corrected chi connectivity index (χ1v) is 52.5. The second-order valence-electron chi connectivity index (χ2n) is 0.707. The fourth-order valence-corrected chi connectivity index (χ4v) is 0. The molecule has 0 saturated heterocycles. The standard InChI is InChI=1S/4Sr. The van der Waals surface area contributed by atoms with Crippen LogP contribution in [0.2, 0.25) is 0 Å². The van der Waals surface area contributed by atoms with Crippen molar-refractivity contribution >= 4 is 85.0 Å². The van der Waals surface area contributed by atoms with Gasteiger partial charge >= 0.3 is 85.0 Å². The van der Waals surface area contributed by atoms with E-state index in [1.807, 2.05) is 0 Å². The molecule has 0 bridgehead atoms. The van der Waals surface area contributed by atoms with E-state index in [0.29, 0.717) is 26.3 Å². The molecule has 2 radical (unpaired) electrons. The quantitative estimate of drug-likeness (QED) is 0.504. The first-order chi connectivity index (χ1) is 1.91. The van der Waals surface area contributed by atoms with Crippen LogP contribution in [0.3, 0.4) is 0 Å². The van der Waals surface area contributed by atoms with Crippen molar-refractivity contribution in [1.29, 1.82) is 0 Å². The van der Waals surface area contributed by atoms with Gasteiger partial charge in [0, 0.05) is 0 Å². The van der Waals surface area contributed by atoms with Gasteiger partial charge in [-0.2, -0.15) is 0 Å². The summed E-state index contributed by atoms with van der Waals surface area (Å²) in [4.78, 5) is 0. The molecule has 0 heterocycles. The van der Waals surface area contributed by atoms with Crippen LogP contribution in [0, 0.1) is 0 Å². The van der Waals surface area contributed by atoms with Crippen LogP contribution in [0.25, 0.3) is 0 Å². The Balaban J connectivity index is 1.97. The van der Waals surface area contributed by atoms with Crippen molar-refractivity contribution in [2.45, 2.75) is 0 Å². The van der Waals surface area contributed by atoms with E-state index >= 15 is 0 Å². The third kappa shape index (κ3) is 7.92. The predicted molar refractivity (Wildman–Crippen MR) is 23.0 cm³/mol. The number of rotatable bonds is 1. The maximum absolute atomic E-state index is 1.56. The molecule has 0 aromatic rings. The van der Waals surface area contributed by atoms with Gasteiger partial charge < -0.3 is 0 Å². The van der Waals surface area contributed by atoms with Gasteiger partial charge in [0.1, 0.15) is 0 Å². The van der Waals surface area contributed by atoms with Gasteiger partial charge in [-0.1, -0.05) is 0 Å². The molecule has 4 heteroatoms. The monoisotopic (exact) mass is 352 g/mol. The van der Waals surface area contributed by atoms with E-state index in [-0.39, 0.29) is 0 Å². The zero-order chi connectivity index (χ0) is 3.41. The first kappa shape index (κ1) is 9.92. The summed E-state index contributed by atoms with van der Waals surface area (Å²) in [6, 6.07) is 0. The molecule has 0 aromatic carbocycles. The average Bonchev–Trinajstić information content (AvgIpc) is 1.37. The molecule has 0 unspecified atom stereocenters. The molecule has 0 N–H and O–H groups in total. The van der Waals surface area contributed by atoms with Crippen molar-refractivity contribution in [2.24, 2.45) is 0 Å². The molecule has 8 valence electrons. The molecular weight excluding hydrogens is 350 g/mol. The minimum absolute atomic E-state index is 0.422. The van der Waals surface area contributed by atoms with Gasteiger partial charge in [-0.3, -0.25) is 0 Å². The summed E-state index contributed by atoms with van der Waals surface area (Å²) in [5.41, 5.74) is 0. The third-order valence-electron chi connectivity index (χ3n) is 0.250. The summed E-state index contributed by atoms with van der Waals surface area (Å²) < 4.78 is 0. The Hall–Kier alpha value is 5.92. The van der Waals surface area contributed by atoms with Crippen LogP contribution >= 0.6 is 0 Å². The summed E-state index contributed by atoms with van der Waals surface area (Å²) in [6.07, 6.45) is 0. The Morgan fingerprint density at radius 3 is 1.25 bits per heavy atom. The van der Waals surface area contributed by atoms with Crippen LogP contribution in [0.15, 0.2) is 0 Å². The number of hydrogen-bond donors (Lipinski definition) is 0. The Labute approximate surface area is 78.0 Å². The van der Waals surface area contributed by atoms with Crippen molar-refractivity contribution < 1.29 is 0 Å². The van der Waals surface area contributed by atoms with Gasteiger partial charge in [0.25, 0.3) is 0 Å². The van der Waals surface area contributed by atoms with Crippen LogP contribution < -0.4 is 0 Å². The molecule has 0 aliphatic carbocycles. The van der Waals surface area contributed by atoms with Gasteiger partial charge in [0.2, 0.25) is 0 Å². The zero-order valence-corrected chi connectivity index (χ0v) is 16.7. The van der Waals surface area contributed by atoms with E-state index in [1.54, 1.807) is 58.6 Å². The van der Waals surface area contributed by atoms with Crippen LogP contribution in [0.4, 0.5) is 0 Å². The maximum atomic E-state index is 1.56. The van der Waals surface area contributed by atoms with E-state index in [2.05, 4.69) is 0 Å². The number of hydrogen-bond acceptors (Lipinski definition) is 0. The van der Waals surface area contributed by atoms with Crippen LogP contribution in [-0.4, -0.2) is 85.0 Å². The average molecular weight is 350 g/mol. The molecule has 0 aliphatic rings. The molecule has 4 heavy (non-hydrogen) atoms. The molecule has 0 saturated carbocycles. The summed E-state index contributed by atoms with van der Waals surface area (Å²) >= 11 is 3.96. The van der Waals surface area contributed by atoms with Gasteiger partial charge in [-0.25, -0.2) is 0 Å². The fourth-order valence-electron chi connectivity index (χ4n) is 0. The molecule has 0 aromatic heterocycles. The molecule has 0 aliphatic heterocycles. The van der Waals surface area contributed by atoms with Gasteiger partial charge in [-0.15, -0.1) is 0 Å². The Bertz CT molecular complexity index is 2.00. The normalized spacial score (nSPS) is 2.50. The van der Waals surface area contributed by atoms with E-state index < -0.39 is 0 Å². The molecule has 0 atom stereocenters. The van der Waals surface area contributed by atoms with Crippen molar-refractivity contribution in [3.8, 4) is 0 Å². The first-order valence-electron chi connectivity index (χ1n) is 1.50. The summed E-state index contributed by atoms with van der Waals surface area (Å²) in [7, 11) is 0. The van der Waals surface area contributed by atoms with Crippen molar-refractivity contribution in [1.82, 2.24) is 0 Å². The Kier molecular flexibility index (Phi) is 22.1. The second-order valence-corrected chi connectivity index (χ2v) is 146. The van der Waals surface area contributed by atoms with Crippen molar-refractivity contribution in [3.05, 3.63) is 0 Å². The van der Waals surface area contributed by atoms with Crippen molar-refractivity contribution in [2.75, 3.05) is 0 Å². The fraction of sp³-hybridized carbons (Fsp3) is 0. The Morgan fingerprint density at radius 2 is 1.25 bits per heavy atom. The molecule has 0 amide bonds. The topological polar surface area (TPSA) is 0 Å². The van der Waals surface area contributed by atoms with Crippen LogP contribution in [0.5, 0.6) is 0 Å². The predicted octanol–water partition coefficient (Wildman–Crippen LogP) is -1.52. The van der Waals surface area contributed by atoms with Crippen LogP contribution in [0.1, 0.15) is 0 Å². The van der Waals surface area contributed by atoms with E-state index in [9.17, 15) is 0 Å².